The van der Waals surface area contributed by atoms with E-state index in [9.17, 15) is 49.2 Å². The standard InChI is InChI=1S/C16H26N6O15P2/c17-6-4(1-23)35-15(11(27)9(6)25)36-39(31,32)37-38(29,30)33-2-5-8(24)10(26)14(34-5)22-3-19-7-12(22)20-16(18)21-13(7)28/h3-6,8-11,14-15,23-27H,1-2,17H2,(H,29,30)(H,31,32)(H3,18,20,21,28)/t4-,5-,6-,8-,9+,10-,11+,14-,15-/m1/s1. The molecule has 2 aliphatic rings. The number of ether oxygens (including phenoxy) is 2. The monoisotopic (exact) mass is 604 g/mol. The van der Waals surface area contributed by atoms with Crippen molar-refractivity contribution in [3.05, 3.63) is 16.7 Å². The average Bonchev–Trinajstić information content (AvgIpc) is 3.38. The molecular weight excluding hydrogens is 578 g/mol. The van der Waals surface area contributed by atoms with Crippen LogP contribution in [0.2, 0.25) is 0 Å². The van der Waals surface area contributed by atoms with Gasteiger partial charge in [-0.25, -0.2) is 14.1 Å². The van der Waals surface area contributed by atoms with Crippen LogP contribution in [0.25, 0.3) is 11.2 Å². The first-order chi connectivity index (χ1) is 18.1. The zero-order valence-corrected chi connectivity index (χ0v) is 21.3. The summed E-state index contributed by atoms with van der Waals surface area (Å²) in [5.74, 6) is -0.272. The van der Waals surface area contributed by atoms with Gasteiger partial charge < -0.3 is 56.3 Å². The first kappa shape index (κ1) is 30.1. The summed E-state index contributed by atoms with van der Waals surface area (Å²) in [5.41, 5.74) is 10.1. The molecule has 0 radical (unpaired) electrons. The summed E-state index contributed by atoms with van der Waals surface area (Å²) < 4.78 is 49.4. The number of nitrogens with two attached hydrogens (primary N) is 2. The summed E-state index contributed by atoms with van der Waals surface area (Å²) in [7, 11) is -11.0. The zero-order valence-electron chi connectivity index (χ0n) is 19.5. The van der Waals surface area contributed by atoms with E-state index in [1.54, 1.807) is 0 Å². The van der Waals surface area contributed by atoms with Crippen LogP contribution in [0.1, 0.15) is 6.23 Å². The highest BCUT2D eigenvalue weighted by Gasteiger charge is 2.49. The number of nitrogen functional groups attached to an aromatic ring is 1. The Balaban J connectivity index is 1.39. The molecule has 21 nitrogen and oxygen atoms in total. The number of rotatable bonds is 9. The van der Waals surface area contributed by atoms with E-state index in [0.717, 1.165) is 10.9 Å². The fraction of sp³-hybridized carbons (Fsp3) is 0.688. The van der Waals surface area contributed by atoms with Gasteiger partial charge in [0.1, 0.15) is 36.6 Å². The Kier molecular flexibility index (Phi) is 8.60. The van der Waals surface area contributed by atoms with Crippen LogP contribution in [0, 0.1) is 0 Å². The van der Waals surface area contributed by atoms with Crippen molar-refractivity contribution in [3.8, 4) is 0 Å². The Labute approximate surface area is 216 Å². The summed E-state index contributed by atoms with van der Waals surface area (Å²) in [4.78, 5) is 41.7. The summed E-state index contributed by atoms with van der Waals surface area (Å²) >= 11 is 0. The molecule has 2 aromatic heterocycles. The SMILES string of the molecule is Nc1nc2c(ncn2[C@@H]2O[C@H](COP(=O)(O)OP(=O)(O)O[C@H]3O[C@H](CO)[C@@H](N)[C@H](O)[C@@H]3O)[C@@H](O)[C@H]2O)c(=O)[nH]1. The molecule has 2 saturated heterocycles. The molecule has 2 unspecified atom stereocenters. The number of anilines is 1. The van der Waals surface area contributed by atoms with Crippen molar-refractivity contribution in [2.45, 2.75) is 55.2 Å². The van der Waals surface area contributed by atoms with E-state index >= 15 is 0 Å². The largest absolute Gasteiger partial charge is 0.483 e. The van der Waals surface area contributed by atoms with Crippen LogP contribution in [0.4, 0.5) is 5.95 Å². The molecule has 2 aromatic rings. The maximum Gasteiger partial charge on any atom is 0.483 e. The first-order valence-corrected chi connectivity index (χ1v) is 13.9. The minimum Gasteiger partial charge on any atom is -0.394 e. The van der Waals surface area contributed by atoms with E-state index in [1.165, 1.54) is 0 Å². The highest BCUT2D eigenvalue weighted by Crippen LogP contribution is 2.61. The second-order valence-electron chi connectivity index (χ2n) is 8.53. The fourth-order valence-electron chi connectivity index (χ4n) is 3.90. The predicted octanol–water partition coefficient (Wildman–Crippen LogP) is -4.66. The molecule has 220 valence electrons. The van der Waals surface area contributed by atoms with Gasteiger partial charge in [0.15, 0.2) is 23.7 Å². The third-order valence-electron chi connectivity index (χ3n) is 5.85. The van der Waals surface area contributed by atoms with Crippen molar-refractivity contribution in [2.75, 3.05) is 18.9 Å². The highest BCUT2D eigenvalue weighted by molar-refractivity contribution is 7.61. The van der Waals surface area contributed by atoms with Crippen molar-refractivity contribution in [1.29, 1.82) is 0 Å². The second kappa shape index (κ2) is 11.2. The average molecular weight is 604 g/mol. The predicted molar refractivity (Wildman–Crippen MR) is 122 cm³/mol. The number of aliphatic hydroxyl groups is 5. The van der Waals surface area contributed by atoms with Gasteiger partial charge in [0, 0.05) is 0 Å². The lowest BCUT2D eigenvalue weighted by Gasteiger charge is -2.40. The quantitative estimate of drug-likeness (QED) is 0.120. The molecule has 2 aliphatic heterocycles. The molecule has 0 spiro atoms. The Morgan fingerprint density at radius 2 is 1.74 bits per heavy atom. The van der Waals surface area contributed by atoms with Crippen LogP contribution in [0.5, 0.6) is 0 Å². The van der Waals surface area contributed by atoms with E-state index < -0.39 is 89.6 Å². The van der Waals surface area contributed by atoms with Crippen molar-refractivity contribution < 1.29 is 67.3 Å². The number of aromatic nitrogens is 4. The molecule has 0 saturated carbocycles. The third kappa shape index (κ3) is 6.22. The number of aliphatic hydroxyl groups excluding tert-OH is 5. The van der Waals surface area contributed by atoms with Crippen LogP contribution in [0.15, 0.2) is 11.1 Å². The fourth-order valence-corrected chi connectivity index (χ4v) is 6.06. The van der Waals surface area contributed by atoms with Crippen LogP contribution < -0.4 is 17.0 Å². The van der Waals surface area contributed by atoms with Crippen LogP contribution >= 0.6 is 15.6 Å². The Bertz CT molecular complexity index is 1340. The van der Waals surface area contributed by atoms with Gasteiger partial charge >= 0.3 is 15.6 Å². The Morgan fingerprint density at radius 3 is 2.41 bits per heavy atom. The van der Waals surface area contributed by atoms with E-state index in [1.807, 2.05) is 0 Å². The van der Waals surface area contributed by atoms with E-state index in [-0.39, 0.29) is 17.1 Å². The molecule has 11 atom stereocenters. The minimum atomic E-state index is -5.55. The summed E-state index contributed by atoms with van der Waals surface area (Å²) in [6.07, 6.45) is -12.5. The van der Waals surface area contributed by atoms with Gasteiger partial charge in [-0.15, -0.1) is 0 Å². The van der Waals surface area contributed by atoms with Gasteiger partial charge in [-0.2, -0.15) is 9.29 Å². The summed E-state index contributed by atoms with van der Waals surface area (Å²) in [6, 6.07) is -1.29. The number of phosphoric ester groups is 2. The number of nitrogens with one attached hydrogen (secondary N) is 1. The van der Waals surface area contributed by atoms with Crippen LogP contribution in [-0.2, 0) is 32.0 Å². The maximum absolute atomic E-state index is 12.3. The number of hydrogen-bond donors (Lipinski definition) is 10. The van der Waals surface area contributed by atoms with Crippen molar-refractivity contribution in [1.82, 2.24) is 19.5 Å². The molecule has 0 bridgehead atoms. The lowest BCUT2D eigenvalue weighted by Crippen LogP contribution is -2.62. The number of hydrogen-bond acceptors (Lipinski definition) is 17. The molecule has 2 fully saturated rings. The van der Waals surface area contributed by atoms with Crippen LogP contribution in [-0.4, -0.2) is 117 Å². The normalized spacial score (nSPS) is 36.6. The van der Waals surface area contributed by atoms with Gasteiger partial charge in [0.2, 0.25) is 5.95 Å². The highest BCUT2D eigenvalue weighted by atomic mass is 31.3. The molecule has 12 N–H and O–H groups in total. The number of H-pyrrole nitrogens is 1. The Morgan fingerprint density at radius 1 is 1.05 bits per heavy atom. The zero-order chi connectivity index (χ0) is 28.9. The number of nitrogens with zero attached hydrogens (tertiary/aromatic N) is 3. The lowest BCUT2D eigenvalue weighted by atomic mass is 9.97. The summed E-state index contributed by atoms with van der Waals surface area (Å²) in [5, 5.41) is 49.9. The third-order valence-corrected chi connectivity index (χ3v) is 8.45. The van der Waals surface area contributed by atoms with Gasteiger partial charge in [0.25, 0.3) is 5.56 Å². The molecule has 4 rings (SSSR count). The number of imidazole rings is 1. The van der Waals surface area contributed by atoms with Gasteiger partial charge in [-0.1, -0.05) is 0 Å². The number of aromatic amines is 1. The topological polar surface area (TPSA) is 338 Å². The molecule has 39 heavy (non-hydrogen) atoms. The van der Waals surface area contributed by atoms with Crippen molar-refractivity contribution in [3.63, 3.8) is 0 Å². The van der Waals surface area contributed by atoms with Crippen molar-refractivity contribution >= 4 is 32.8 Å². The maximum atomic E-state index is 12.3. The molecule has 4 heterocycles. The minimum absolute atomic E-state index is 0.106. The van der Waals surface area contributed by atoms with E-state index in [0.29, 0.717) is 0 Å². The van der Waals surface area contributed by atoms with Gasteiger partial charge in [-0.3, -0.25) is 23.4 Å². The van der Waals surface area contributed by atoms with Crippen LogP contribution in [0.3, 0.4) is 0 Å². The first-order valence-electron chi connectivity index (χ1n) is 11.0. The van der Waals surface area contributed by atoms with E-state index in [2.05, 4.69) is 28.3 Å². The molecule has 0 aromatic carbocycles. The Hall–Kier alpha value is -1.91. The second-order valence-corrected chi connectivity index (χ2v) is 11.5. The number of phosphoric acid groups is 2. The van der Waals surface area contributed by atoms with E-state index in [4.69, 9.17) is 20.9 Å². The van der Waals surface area contributed by atoms with Crippen molar-refractivity contribution in [2.24, 2.45) is 5.73 Å². The van der Waals surface area contributed by atoms with Gasteiger partial charge in [-0.05, 0) is 0 Å². The van der Waals surface area contributed by atoms with Gasteiger partial charge in [0.05, 0.1) is 25.6 Å². The lowest BCUT2D eigenvalue weighted by molar-refractivity contribution is -0.251. The molecular formula is C16H26N6O15P2. The molecule has 23 heteroatoms. The number of fused-ring (bicyclic) bond motifs is 1. The molecule has 0 amide bonds. The molecule has 0 aliphatic carbocycles. The summed E-state index contributed by atoms with van der Waals surface area (Å²) in [6.45, 7) is -1.75. The smallest absolute Gasteiger partial charge is 0.394 e.